The van der Waals surface area contributed by atoms with E-state index < -0.39 is 0 Å². The fourth-order valence-electron chi connectivity index (χ4n) is 5.13. The monoisotopic (exact) mass is 369 g/mol. The predicted molar refractivity (Wildman–Crippen MR) is 100.0 cm³/mol. The molecule has 5 heterocycles. The molecule has 3 aliphatic rings. The number of aromatic nitrogens is 1. The zero-order valence-electron chi connectivity index (χ0n) is 14.6. The van der Waals surface area contributed by atoms with Crippen molar-refractivity contribution in [2.75, 3.05) is 19.6 Å². The van der Waals surface area contributed by atoms with E-state index >= 15 is 0 Å². The number of carbonyl (C=O) groups is 1. The van der Waals surface area contributed by atoms with Crippen LogP contribution in [0.15, 0.2) is 41.4 Å². The molecule has 26 heavy (non-hydrogen) atoms. The SMILES string of the molecule is O=C(NC[C@H]1[C@H]2CN(Cc3ccsc3)C[C@]23CC[C@H]1O3)c1cccnc1. The molecule has 0 aromatic carbocycles. The number of pyridine rings is 1. The molecule has 0 unspecified atom stereocenters. The van der Waals surface area contributed by atoms with E-state index in [4.69, 9.17) is 4.74 Å². The van der Waals surface area contributed by atoms with Crippen molar-refractivity contribution in [1.29, 1.82) is 0 Å². The van der Waals surface area contributed by atoms with Gasteiger partial charge >= 0.3 is 0 Å². The van der Waals surface area contributed by atoms with Crippen LogP contribution in [0.5, 0.6) is 0 Å². The fraction of sp³-hybridized carbons (Fsp3) is 0.500. The van der Waals surface area contributed by atoms with Crippen LogP contribution in [-0.2, 0) is 11.3 Å². The zero-order chi connectivity index (χ0) is 17.6. The zero-order valence-corrected chi connectivity index (χ0v) is 15.5. The molecule has 0 radical (unpaired) electrons. The molecular formula is C20H23N3O2S. The molecule has 2 aromatic heterocycles. The highest BCUT2D eigenvalue weighted by molar-refractivity contribution is 7.07. The predicted octanol–water partition coefficient (Wildman–Crippen LogP) is 2.55. The first kappa shape index (κ1) is 16.4. The van der Waals surface area contributed by atoms with Crippen molar-refractivity contribution in [3.8, 4) is 0 Å². The molecule has 1 spiro atoms. The van der Waals surface area contributed by atoms with E-state index in [1.165, 1.54) is 5.56 Å². The van der Waals surface area contributed by atoms with E-state index in [2.05, 4.69) is 32.0 Å². The van der Waals surface area contributed by atoms with Gasteiger partial charge in [-0.1, -0.05) is 0 Å². The Morgan fingerprint density at radius 3 is 3.23 bits per heavy atom. The Labute approximate surface area is 157 Å². The molecule has 3 aliphatic heterocycles. The molecule has 5 nitrogen and oxygen atoms in total. The number of nitrogens with zero attached hydrogens (tertiary/aromatic N) is 2. The number of hydrogen-bond acceptors (Lipinski definition) is 5. The number of rotatable bonds is 5. The van der Waals surface area contributed by atoms with Crippen LogP contribution in [0.2, 0.25) is 0 Å². The third-order valence-electron chi connectivity index (χ3n) is 6.26. The van der Waals surface area contributed by atoms with Crippen LogP contribution in [0, 0.1) is 11.8 Å². The van der Waals surface area contributed by atoms with E-state index in [-0.39, 0.29) is 11.5 Å². The number of hydrogen-bond donors (Lipinski definition) is 1. The molecule has 136 valence electrons. The summed E-state index contributed by atoms with van der Waals surface area (Å²) >= 11 is 1.76. The number of likely N-dealkylation sites (tertiary alicyclic amines) is 1. The van der Waals surface area contributed by atoms with Crippen molar-refractivity contribution in [2.24, 2.45) is 11.8 Å². The summed E-state index contributed by atoms with van der Waals surface area (Å²) in [5.74, 6) is 0.897. The Kier molecular flexibility index (Phi) is 4.07. The van der Waals surface area contributed by atoms with Crippen molar-refractivity contribution in [3.63, 3.8) is 0 Å². The highest BCUT2D eigenvalue weighted by Gasteiger charge is 2.62. The van der Waals surface area contributed by atoms with E-state index in [9.17, 15) is 4.79 Å². The van der Waals surface area contributed by atoms with Gasteiger partial charge in [0.15, 0.2) is 0 Å². The Hall–Kier alpha value is -1.76. The van der Waals surface area contributed by atoms with Crippen LogP contribution in [0.25, 0.3) is 0 Å². The number of nitrogens with one attached hydrogen (secondary N) is 1. The maximum atomic E-state index is 12.4. The molecule has 1 amide bonds. The minimum Gasteiger partial charge on any atom is -0.370 e. The number of amides is 1. The molecule has 2 aromatic rings. The van der Waals surface area contributed by atoms with Crippen molar-refractivity contribution in [2.45, 2.75) is 31.1 Å². The number of thiophene rings is 1. The van der Waals surface area contributed by atoms with E-state index in [0.29, 0.717) is 30.0 Å². The third-order valence-corrected chi connectivity index (χ3v) is 6.99. The molecule has 3 fully saturated rings. The largest absolute Gasteiger partial charge is 0.370 e. The van der Waals surface area contributed by atoms with Crippen LogP contribution in [0.4, 0.5) is 0 Å². The minimum absolute atomic E-state index is 0.0182. The van der Waals surface area contributed by atoms with Crippen LogP contribution < -0.4 is 5.32 Å². The maximum Gasteiger partial charge on any atom is 0.252 e. The number of ether oxygens (including phenoxy) is 1. The topological polar surface area (TPSA) is 54.5 Å². The highest BCUT2D eigenvalue weighted by atomic mass is 32.1. The Morgan fingerprint density at radius 1 is 1.46 bits per heavy atom. The van der Waals surface area contributed by atoms with Gasteiger partial charge in [-0.3, -0.25) is 14.7 Å². The van der Waals surface area contributed by atoms with Gasteiger partial charge < -0.3 is 10.1 Å². The van der Waals surface area contributed by atoms with Crippen molar-refractivity contribution in [3.05, 3.63) is 52.5 Å². The highest BCUT2D eigenvalue weighted by Crippen LogP contribution is 2.54. The van der Waals surface area contributed by atoms with Gasteiger partial charge in [0, 0.05) is 50.4 Å². The molecule has 2 bridgehead atoms. The summed E-state index contributed by atoms with van der Waals surface area (Å²) in [6.07, 6.45) is 5.89. The lowest BCUT2D eigenvalue weighted by atomic mass is 9.73. The molecule has 4 atom stereocenters. The van der Waals surface area contributed by atoms with E-state index in [0.717, 1.165) is 32.5 Å². The summed E-state index contributed by atoms with van der Waals surface area (Å²) in [5.41, 5.74) is 2.03. The first-order valence-corrected chi connectivity index (χ1v) is 10.3. The number of fused-ring (bicyclic) bond motifs is 1. The summed E-state index contributed by atoms with van der Waals surface area (Å²) < 4.78 is 6.48. The summed E-state index contributed by atoms with van der Waals surface area (Å²) in [6.45, 7) is 3.79. The smallest absolute Gasteiger partial charge is 0.252 e. The van der Waals surface area contributed by atoms with Gasteiger partial charge in [0.25, 0.3) is 5.91 Å². The van der Waals surface area contributed by atoms with Crippen LogP contribution >= 0.6 is 11.3 Å². The Morgan fingerprint density at radius 2 is 2.42 bits per heavy atom. The van der Waals surface area contributed by atoms with Crippen LogP contribution in [0.3, 0.4) is 0 Å². The molecule has 0 saturated carbocycles. The van der Waals surface area contributed by atoms with Crippen LogP contribution in [0.1, 0.15) is 28.8 Å². The molecule has 6 heteroatoms. The van der Waals surface area contributed by atoms with Gasteiger partial charge in [-0.15, -0.1) is 0 Å². The quantitative estimate of drug-likeness (QED) is 0.880. The molecule has 3 saturated heterocycles. The second-order valence-electron chi connectivity index (χ2n) is 7.78. The first-order valence-electron chi connectivity index (χ1n) is 9.33. The van der Waals surface area contributed by atoms with Gasteiger partial charge in [0.05, 0.1) is 17.3 Å². The second kappa shape index (κ2) is 6.44. The Bertz CT molecular complexity index is 782. The lowest BCUT2D eigenvalue weighted by Crippen LogP contribution is -2.41. The van der Waals surface area contributed by atoms with Gasteiger partial charge in [-0.2, -0.15) is 11.3 Å². The average Bonchev–Trinajstić information content (AvgIpc) is 3.42. The fourth-order valence-corrected chi connectivity index (χ4v) is 5.79. The van der Waals surface area contributed by atoms with Gasteiger partial charge in [-0.05, 0) is 47.4 Å². The Balaban J connectivity index is 1.25. The maximum absolute atomic E-state index is 12.4. The van der Waals surface area contributed by atoms with Crippen LogP contribution in [-0.4, -0.2) is 47.1 Å². The average molecular weight is 369 g/mol. The summed E-state index contributed by atoms with van der Waals surface area (Å²) in [6, 6.07) is 5.81. The van der Waals surface area contributed by atoms with Crippen molar-refractivity contribution < 1.29 is 9.53 Å². The minimum atomic E-state index is -0.0388. The van der Waals surface area contributed by atoms with Gasteiger partial charge in [-0.25, -0.2) is 0 Å². The number of carbonyl (C=O) groups excluding carboxylic acids is 1. The van der Waals surface area contributed by atoms with Crippen molar-refractivity contribution in [1.82, 2.24) is 15.2 Å². The normalized spacial score (nSPS) is 32.7. The van der Waals surface area contributed by atoms with Crippen molar-refractivity contribution >= 4 is 17.2 Å². The molecule has 0 aliphatic carbocycles. The lowest BCUT2D eigenvalue weighted by Gasteiger charge is -2.29. The lowest BCUT2D eigenvalue weighted by molar-refractivity contribution is 0.00213. The summed E-state index contributed by atoms with van der Waals surface area (Å²) in [4.78, 5) is 18.9. The molecule has 1 N–H and O–H groups in total. The van der Waals surface area contributed by atoms with Gasteiger partial charge in [0.1, 0.15) is 0 Å². The van der Waals surface area contributed by atoms with Gasteiger partial charge in [0.2, 0.25) is 0 Å². The summed E-state index contributed by atoms with van der Waals surface area (Å²) in [7, 11) is 0. The molecular weight excluding hydrogens is 346 g/mol. The first-order chi connectivity index (χ1) is 12.7. The third kappa shape index (κ3) is 2.76. The second-order valence-corrected chi connectivity index (χ2v) is 8.56. The standard InChI is InChI=1S/C20H23N3O2S/c24-19(15-2-1-6-21-8-15)22-9-16-17-11-23(10-14-4-7-26-12-14)13-20(17)5-3-18(16)25-20/h1-2,4,6-8,12,16-18H,3,5,9-11,13H2,(H,22,24)/t16-,17+,18+,20+/m0/s1. The summed E-state index contributed by atoms with van der Waals surface area (Å²) in [5, 5.41) is 7.49. The molecule has 5 rings (SSSR count). The van der Waals surface area contributed by atoms with E-state index in [1.807, 2.05) is 0 Å². The van der Waals surface area contributed by atoms with E-state index in [1.54, 1.807) is 35.9 Å².